The molecular weight excluding hydrogens is 278 g/mol. The number of ether oxygens (including phenoxy) is 1. The van der Waals surface area contributed by atoms with Crippen LogP contribution in [0.2, 0.25) is 0 Å². The highest BCUT2D eigenvalue weighted by Crippen LogP contribution is 2.15. The van der Waals surface area contributed by atoms with Crippen molar-refractivity contribution in [2.24, 2.45) is 5.92 Å². The molecule has 0 N–H and O–H groups in total. The Morgan fingerprint density at radius 1 is 1.41 bits per heavy atom. The van der Waals surface area contributed by atoms with E-state index in [0.29, 0.717) is 0 Å². The van der Waals surface area contributed by atoms with E-state index in [-0.39, 0.29) is 0 Å². The van der Waals surface area contributed by atoms with Crippen molar-refractivity contribution in [1.82, 2.24) is 4.90 Å². The highest BCUT2D eigenvalue weighted by Gasteiger charge is 2.08. The molecular formula is C14H22BrNO. The van der Waals surface area contributed by atoms with Gasteiger partial charge in [0, 0.05) is 18.4 Å². The van der Waals surface area contributed by atoms with Crippen LogP contribution in [-0.4, -0.2) is 30.9 Å². The summed E-state index contributed by atoms with van der Waals surface area (Å²) in [5.41, 5.74) is 1.30. The Kier molecular flexibility index (Phi) is 6.60. The van der Waals surface area contributed by atoms with Crippen LogP contribution in [0.5, 0.6) is 5.75 Å². The van der Waals surface area contributed by atoms with Crippen LogP contribution in [0.1, 0.15) is 18.9 Å². The molecule has 0 aliphatic heterocycles. The van der Waals surface area contributed by atoms with Gasteiger partial charge in [0.1, 0.15) is 5.75 Å². The van der Waals surface area contributed by atoms with Crippen molar-refractivity contribution in [3.05, 3.63) is 29.8 Å². The van der Waals surface area contributed by atoms with Gasteiger partial charge in [0.2, 0.25) is 0 Å². The molecule has 1 aromatic carbocycles. The van der Waals surface area contributed by atoms with Crippen LogP contribution in [0.25, 0.3) is 0 Å². The number of hydrogen-bond donors (Lipinski definition) is 0. The van der Waals surface area contributed by atoms with E-state index in [1.165, 1.54) is 12.0 Å². The van der Waals surface area contributed by atoms with Gasteiger partial charge in [-0.05, 0) is 30.7 Å². The van der Waals surface area contributed by atoms with Crippen molar-refractivity contribution in [3.63, 3.8) is 0 Å². The summed E-state index contributed by atoms with van der Waals surface area (Å²) in [5, 5.41) is 1.08. The van der Waals surface area contributed by atoms with Crippen LogP contribution in [-0.2, 0) is 6.54 Å². The summed E-state index contributed by atoms with van der Waals surface area (Å²) in [6, 6.07) is 8.28. The quantitative estimate of drug-likeness (QED) is 0.714. The topological polar surface area (TPSA) is 12.5 Å². The summed E-state index contributed by atoms with van der Waals surface area (Å²) in [6.07, 6.45) is 1.22. The van der Waals surface area contributed by atoms with Crippen molar-refractivity contribution in [2.75, 3.05) is 26.0 Å². The Hall–Kier alpha value is -0.540. The molecule has 0 aliphatic carbocycles. The van der Waals surface area contributed by atoms with Crippen LogP contribution in [0.3, 0.4) is 0 Å². The number of benzene rings is 1. The molecule has 0 radical (unpaired) electrons. The molecule has 0 spiro atoms. The van der Waals surface area contributed by atoms with E-state index >= 15 is 0 Å². The summed E-state index contributed by atoms with van der Waals surface area (Å²) in [6.45, 7) is 4.34. The van der Waals surface area contributed by atoms with E-state index in [1.54, 1.807) is 7.11 Å². The number of hydrogen-bond acceptors (Lipinski definition) is 2. The molecule has 1 unspecified atom stereocenters. The summed E-state index contributed by atoms with van der Waals surface area (Å²) in [4.78, 5) is 2.37. The minimum atomic E-state index is 0.727. The van der Waals surface area contributed by atoms with Crippen LogP contribution in [0.15, 0.2) is 24.3 Å². The molecule has 2 nitrogen and oxygen atoms in total. The third kappa shape index (κ3) is 5.09. The van der Waals surface area contributed by atoms with Gasteiger partial charge in [-0.25, -0.2) is 0 Å². The largest absolute Gasteiger partial charge is 0.497 e. The van der Waals surface area contributed by atoms with Gasteiger partial charge in [0.15, 0.2) is 0 Å². The summed E-state index contributed by atoms with van der Waals surface area (Å²) in [7, 11) is 3.88. The Morgan fingerprint density at radius 2 is 2.18 bits per heavy atom. The second-order valence-corrected chi connectivity index (χ2v) is 5.12. The number of alkyl halides is 1. The van der Waals surface area contributed by atoms with Gasteiger partial charge in [-0.2, -0.15) is 0 Å². The third-order valence-corrected chi connectivity index (χ3v) is 3.87. The lowest BCUT2D eigenvalue weighted by Crippen LogP contribution is -2.25. The van der Waals surface area contributed by atoms with Crippen molar-refractivity contribution in [3.8, 4) is 5.75 Å². The molecule has 0 fully saturated rings. The van der Waals surface area contributed by atoms with Gasteiger partial charge in [-0.3, -0.25) is 0 Å². The average Bonchev–Trinajstić information content (AvgIpc) is 2.36. The lowest BCUT2D eigenvalue weighted by molar-refractivity contribution is 0.278. The molecule has 0 bridgehead atoms. The molecule has 0 aromatic heterocycles. The molecule has 3 heteroatoms. The van der Waals surface area contributed by atoms with Crippen LogP contribution >= 0.6 is 15.9 Å². The fourth-order valence-corrected chi connectivity index (χ4v) is 2.54. The molecule has 0 saturated heterocycles. The van der Waals surface area contributed by atoms with Crippen LogP contribution < -0.4 is 4.74 Å². The molecule has 0 aliphatic rings. The Balaban J connectivity index is 2.52. The first-order chi connectivity index (χ1) is 8.19. The van der Waals surface area contributed by atoms with Gasteiger partial charge in [-0.1, -0.05) is 41.4 Å². The summed E-state index contributed by atoms with van der Waals surface area (Å²) in [5.74, 6) is 1.66. The Morgan fingerprint density at radius 3 is 2.76 bits per heavy atom. The highest BCUT2D eigenvalue weighted by molar-refractivity contribution is 9.09. The zero-order valence-corrected chi connectivity index (χ0v) is 12.5. The van der Waals surface area contributed by atoms with E-state index in [2.05, 4.69) is 46.9 Å². The standard InChI is InChI=1S/C14H22BrNO/c1-4-12(9-15)10-16(2)11-13-6-5-7-14(8-13)17-3/h5-8,12H,4,9-11H2,1-3H3. The maximum Gasteiger partial charge on any atom is 0.119 e. The number of methoxy groups -OCH3 is 1. The lowest BCUT2D eigenvalue weighted by Gasteiger charge is -2.22. The van der Waals surface area contributed by atoms with Crippen LogP contribution in [0, 0.1) is 5.92 Å². The maximum absolute atomic E-state index is 5.23. The smallest absolute Gasteiger partial charge is 0.119 e. The first kappa shape index (κ1) is 14.5. The minimum absolute atomic E-state index is 0.727. The molecule has 0 amide bonds. The van der Waals surface area contributed by atoms with Crippen molar-refractivity contribution >= 4 is 15.9 Å². The Labute approximate surface area is 113 Å². The van der Waals surface area contributed by atoms with Gasteiger partial charge in [0.25, 0.3) is 0 Å². The predicted octanol–water partition coefficient (Wildman–Crippen LogP) is 3.55. The first-order valence-electron chi connectivity index (χ1n) is 6.07. The molecule has 0 saturated carbocycles. The summed E-state index contributed by atoms with van der Waals surface area (Å²) < 4.78 is 5.23. The number of nitrogens with zero attached hydrogens (tertiary/aromatic N) is 1. The molecule has 1 aromatic rings. The highest BCUT2D eigenvalue weighted by atomic mass is 79.9. The predicted molar refractivity (Wildman–Crippen MR) is 76.9 cm³/mol. The Bertz CT molecular complexity index is 326. The van der Waals surface area contributed by atoms with Gasteiger partial charge < -0.3 is 9.64 Å². The van der Waals surface area contributed by atoms with Crippen molar-refractivity contribution in [1.29, 1.82) is 0 Å². The second-order valence-electron chi connectivity index (χ2n) is 4.48. The third-order valence-electron chi connectivity index (χ3n) is 2.95. The molecule has 1 rings (SSSR count). The van der Waals surface area contributed by atoms with E-state index in [1.807, 2.05) is 12.1 Å². The number of halogens is 1. The summed E-state index contributed by atoms with van der Waals surface area (Å²) >= 11 is 3.57. The van der Waals surface area contributed by atoms with Crippen molar-refractivity contribution < 1.29 is 4.74 Å². The van der Waals surface area contributed by atoms with Gasteiger partial charge in [-0.15, -0.1) is 0 Å². The first-order valence-corrected chi connectivity index (χ1v) is 7.19. The van der Waals surface area contributed by atoms with Gasteiger partial charge >= 0.3 is 0 Å². The monoisotopic (exact) mass is 299 g/mol. The lowest BCUT2D eigenvalue weighted by atomic mass is 10.1. The average molecular weight is 300 g/mol. The molecule has 17 heavy (non-hydrogen) atoms. The van der Waals surface area contributed by atoms with E-state index in [0.717, 1.165) is 30.1 Å². The maximum atomic E-state index is 5.23. The SMILES string of the molecule is CCC(CBr)CN(C)Cc1cccc(OC)c1. The van der Waals surface area contributed by atoms with E-state index in [4.69, 9.17) is 4.74 Å². The fourth-order valence-electron chi connectivity index (χ4n) is 1.87. The zero-order valence-electron chi connectivity index (χ0n) is 10.9. The second kappa shape index (κ2) is 7.72. The van der Waals surface area contributed by atoms with Crippen molar-refractivity contribution in [2.45, 2.75) is 19.9 Å². The van der Waals surface area contributed by atoms with E-state index < -0.39 is 0 Å². The minimum Gasteiger partial charge on any atom is -0.497 e. The molecule has 0 heterocycles. The fraction of sp³-hybridized carbons (Fsp3) is 0.571. The normalized spacial score (nSPS) is 12.8. The molecule has 96 valence electrons. The van der Waals surface area contributed by atoms with Crippen LogP contribution in [0.4, 0.5) is 0 Å². The zero-order chi connectivity index (χ0) is 12.7. The van der Waals surface area contributed by atoms with Gasteiger partial charge in [0.05, 0.1) is 7.11 Å². The molecule has 1 atom stereocenters. The van der Waals surface area contributed by atoms with E-state index in [9.17, 15) is 0 Å². The number of rotatable bonds is 7.